The molecular weight excluding hydrogens is 392 g/mol. The van der Waals surface area contributed by atoms with Gasteiger partial charge in [-0.05, 0) is 29.8 Å². The Kier molecular flexibility index (Phi) is 4.54. The number of nitrogens with one attached hydrogen (secondary N) is 1. The van der Waals surface area contributed by atoms with Crippen LogP contribution >= 0.6 is 15.9 Å². The van der Waals surface area contributed by atoms with Gasteiger partial charge >= 0.3 is 0 Å². The maximum Gasteiger partial charge on any atom is 0.252 e. The lowest BCUT2D eigenvalue weighted by Crippen LogP contribution is -2.28. The number of hydrogen-bond donors (Lipinski definition) is 1. The van der Waals surface area contributed by atoms with Crippen molar-refractivity contribution in [2.24, 2.45) is 5.10 Å². The molecule has 3 aromatic carbocycles. The minimum absolute atomic E-state index is 0.193. The SMILES string of the molecule is O=C(N/N=C/c1ccc(Br)cc1)C1c2ccccc2Oc2ccccc21. The molecule has 0 unspecified atom stereocenters. The summed E-state index contributed by atoms with van der Waals surface area (Å²) in [4.78, 5) is 12.9. The zero-order valence-electron chi connectivity index (χ0n) is 13.7. The van der Waals surface area contributed by atoms with Crippen molar-refractivity contribution in [3.05, 3.63) is 94.0 Å². The van der Waals surface area contributed by atoms with Gasteiger partial charge in [0.1, 0.15) is 11.5 Å². The molecule has 4 nitrogen and oxygen atoms in total. The molecule has 0 fully saturated rings. The Bertz CT molecular complexity index is 938. The highest BCUT2D eigenvalue weighted by molar-refractivity contribution is 9.10. The summed E-state index contributed by atoms with van der Waals surface area (Å²) < 4.78 is 6.91. The lowest BCUT2D eigenvalue weighted by Gasteiger charge is -2.26. The maximum atomic E-state index is 12.9. The predicted octanol–water partition coefficient (Wildman–Crippen LogP) is 4.84. The second-order valence-electron chi connectivity index (χ2n) is 5.90. The second kappa shape index (κ2) is 7.14. The fraction of sp³-hybridized carbons (Fsp3) is 0.0476. The monoisotopic (exact) mass is 406 g/mol. The van der Waals surface area contributed by atoms with E-state index in [1.54, 1.807) is 6.21 Å². The first-order valence-electron chi connectivity index (χ1n) is 8.16. The highest BCUT2D eigenvalue weighted by atomic mass is 79.9. The van der Waals surface area contributed by atoms with Crippen LogP contribution in [0.5, 0.6) is 11.5 Å². The van der Waals surface area contributed by atoms with Crippen LogP contribution in [0.15, 0.2) is 82.4 Å². The molecule has 1 aliphatic rings. The van der Waals surface area contributed by atoms with E-state index in [0.717, 1.165) is 21.2 Å². The van der Waals surface area contributed by atoms with Crippen LogP contribution in [-0.2, 0) is 4.79 Å². The van der Waals surface area contributed by atoms with Crippen molar-refractivity contribution < 1.29 is 9.53 Å². The van der Waals surface area contributed by atoms with E-state index in [-0.39, 0.29) is 5.91 Å². The largest absolute Gasteiger partial charge is 0.457 e. The average molecular weight is 407 g/mol. The predicted molar refractivity (Wildman–Crippen MR) is 105 cm³/mol. The van der Waals surface area contributed by atoms with Crippen molar-refractivity contribution in [3.8, 4) is 11.5 Å². The van der Waals surface area contributed by atoms with Crippen molar-refractivity contribution in [1.82, 2.24) is 5.43 Å². The Morgan fingerprint density at radius 1 is 0.923 bits per heavy atom. The van der Waals surface area contributed by atoms with Gasteiger partial charge in [-0.3, -0.25) is 4.79 Å². The van der Waals surface area contributed by atoms with Crippen molar-refractivity contribution in [2.45, 2.75) is 5.92 Å². The average Bonchev–Trinajstić information content (AvgIpc) is 2.67. The van der Waals surface area contributed by atoms with Gasteiger partial charge < -0.3 is 4.74 Å². The first-order chi connectivity index (χ1) is 12.7. The maximum absolute atomic E-state index is 12.9. The highest BCUT2D eigenvalue weighted by Crippen LogP contribution is 2.43. The summed E-state index contributed by atoms with van der Waals surface area (Å²) in [5.74, 6) is 0.742. The van der Waals surface area contributed by atoms with Gasteiger partial charge in [-0.2, -0.15) is 5.10 Å². The molecule has 0 aliphatic carbocycles. The molecule has 1 heterocycles. The molecule has 26 heavy (non-hydrogen) atoms. The minimum Gasteiger partial charge on any atom is -0.457 e. The van der Waals surface area contributed by atoms with Crippen LogP contribution in [0.2, 0.25) is 0 Å². The fourth-order valence-electron chi connectivity index (χ4n) is 2.98. The Morgan fingerprint density at radius 2 is 1.50 bits per heavy atom. The van der Waals surface area contributed by atoms with E-state index in [0.29, 0.717) is 11.5 Å². The van der Waals surface area contributed by atoms with E-state index in [1.165, 1.54) is 0 Å². The number of halogens is 1. The summed E-state index contributed by atoms with van der Waals surface area (Å²) in [6.07, 6.45) is 1.63. The number of amides is 1. The second-order valence-corrected chi connectivity index (χ2v) is 6.81. The van der Waals surface area contributed by atoms with Crippen LogP contribution in [0.1, 0.15) is 22.6 Å². The van der Waals surface area contributed by atoms with Gasteiger partial charge in [-0.25, -0.2) is 5.43 Å². The molecule has 0 saturated carbocycles. The Balaban J connectivity index is 1.60. The van der Waals surface area contributed by atoms with Crippen LogP contribution in [0.4, 0.5) is 0 Å². The number of para-hydroxylation sites is 2. The van der Waals surface area contributed by atoms with Crippen LogP contribution < -0.4 is 10.2 Å². The van der Waals surface area contributed by atoms with Gasteiger partial charge in [0.25, 0.3) is 5.91 Å². The molecule has 0 atom stereocenters. The number of hydrazone groups is 1. The van der Waals surface area contributed by atoms with Crippen LogP contribution in [0.3, 0.4) is 0 Å². The van der Waals surface area contributed by atoms with Gasteiger partial charge in [0.2, 0.25) is 0 Å². The highest BCUT2D eigenvalue weighted by Gasteiger charge is 2.32. The number of nitrogens with zero attached hydrogens (tertiary/aromatic N) is 1. The fourth-order valence-corrected chi connectivity index (χ4v) is 3.24. The normalized spacial score (nSPS) is 13.0. The van der Waals surface area contributed by atoms with Crippen molar-refractivity contribution in [2.75, 3.05) is 0 Å². The smallest absolute Gasteiger partial charge is 0.252 e. The van der Waals surface area contributed by atoms with Crippen molar-refractivity contribution >= 4 is 28.1 Å². The number of hydrogen-bond acceptors (Lipinski definition) is 3. The van der Waals surface area contributed by atoms with E-state index in [2.05, 4.69) is 26.5 Å². The minimum atomic E-state index is -0.460. The molecule has 0 spiro atoms. The van der Waals surface area contributed by atoms with Crippen LogP contribution in [-0.4, -0.2) is 12.1 Å². The zero-order chi connectivity index (χ0) is 17.9. The van der Waals surface area contributed by atoms with Gasteiger partial charge in [0.15, 0.2) is 0 Å². The number of carbonyl (C=O) groups is 1. The van der Waals surface area contributed by atoms with Crippen molar-refractivity contribution in [1.29, 1.82) is 0 Å². The Hall–Kier alpha value is -2.92. The molecule has 1 aliphatic heterocycles. The lowest BCUT2D eigenvalue weighted by molar-refractivity contribution is -0.121. The van der Waals surface area contributed by atoms with Gasteiger partial charge in [-0.1, -0.05) is 64.5 Å². The van der Waals surface area contributed by atoms with E-state index < -0.39 is 5.92 Å². The van der Waals surface area contributed by atoms with E-state index in [4.69, 9.17) is 4.74 Å². The summed E-state index contributed by atoms with van der Waals surface area (Å²) in [6.45, 7) is 0. The Morgan fingerprint density at radius 3 is 2.12 bits per heavy atom. The summed E-state index contributed by atoms with van der Waals surface area (Å²) in [6, 6.07) is 22.8. The van der Waals surface area contributed by atoms with Crippen LogP contribution in [0, 0.1) is 0 Å². The molecule has 0 aromatic heterocycles. The zero-order valence-corrected chi connectivity index (χ0v) is 15.3. The Labute approximate surface area is 159 Å². The third-order valence-corrected chi connectivity index (χ3v) is 4.73. The third-order valence-electron chi connectivity index (χ3n) is 4.20. The number of fused-ring (bicyclic) bond motifs is 2. The summed E-state index contributed by atoms with van der Waals surface area (Å²) >= 11 is 3.39. The quantitative estimate of drug-likeness (QED) is 0.499. The van der Waals surface area contributed by atoms with Crippen molar-refractivity contribution in [3.63, 3.8) is 0 Å². The summed E-state index contributed by atoms with van der Waals surface area (Å²) in [7, 11) is 0. The molecule has 1 amide bonds. The van der Waals surface area contributed by atoms with Gasteiger partial charge in [-0.15, -0.1) is 0 Å². The standard InChI is InChI=1S/C21H15BrN2O2/c22-15-11-9-14(10-12-15)13-23-24-21(25)20-16-5-1-3-7-18(16)26-19-8-4-2-6-17(19)20/h1-13,20H,(H,24,25)/b23-13+. The van der Waals surface area contributed by atoms with Gasteiger partial charge in [0.05, 0.1) is 12.1 Å². The number of rotatable bonds is 3. The molecule has 3 aromatic rings. The van der Waals surface area contributed by atoms with Crippen LogP contribution in [0.25, 0.3) is 0 Å². The lowest BCUT2D eigenvalue weighted by atomic mass is 9.87. The molecule has 0 saturated heterocycles. The molecule has 0 bridgehead atoms. The molecule has 128 valence electrons. The van der Waals surface area contributed by atoms with Gasteiger partial charge in [0, 0.05) is 15.6 Å². The number of carbonyl (C=O) groups excluding carboxylic acids is 1. The molecule has 4 rings (SSSR count). The van der Waals surface area contributed by atoms with E-state index in [9.17, 15) is 4.79 Å². The van der Waals surface area contributed by atoms with E-state index >= 15 is 0 Å². The number of ether oxygens (including phenoxy) is 1. The summed E-state index contributed by atoms with van der Waals surface area (Å²) in [5.41, 5.74) is 5.24. The van der Waals surface area contributed by atoms with E-state index in [1.807, 2.05) is 72.8 Å². The molecule has 0 radical (unpaired) electrons. The first kappa shape index (κ1) is 16.5. The first-order valence-corrected chi connectivity index (χ1v) is 8.96. The summed E-state index contributed by atoms with van der Waals surface area (Å²) in [5, 5.41) is 4.11. The molecule has 5 heteroatoms. The molecule has 1 N–H and O–H groups in total. The molecular formula is C21H15BrN2O2. The third kappa shape index (κ3) is 3.26. The topological polar surface area (TPSA) is 50.7 Å². The number of benzene rings is 3.